The molecule has 104 valence electrons. The molecule has 0 fully saturated rings. The SMILES string of the molecule is C=CCCCCCCC#CCCCC(O)CCC. The van der Waals surface area contributed by atoms with Gasteiger partial charge < -0.3 is 5.11 Å². The van der Waals surface area contributed by atoms with Crippen molar-refractivity contribution in [2.75, 3.05) is 0 Å². The molecule has 0 bridgehead atoms. The molecule has 0 saturated carbocycles. The first kappa shape index (κ1) is 17.3. The molecule has 1 unspecified atom stereocenters. The maximum absolute atomic E-state index is 9.54. The van der Waals surface area contributed by atoms with Crippen molar-refractivity contribution in [3.8, 4) is 11.8 Å². The van der Waals surface area contributed by atoms with Gasteiger partial charge in [0, 0.05) is 12.8 Å². The van der Waals surface area contributed by atoms with Gasteiger partial charge in [0.25, 0.3) is 0 Å². The fourth-order valence-electron chi connectivity index (χ4n) is 1.94. The maximum Gasteiger partial charge on any atom is 0.0540 e. The molecule has 0 aromatic carbocycles. The predicted molar refractivity (Wildman–Crippen MR) is 80.4 cm³/mol. The summed E-state index contributed by atoms with van der Waals surface area (Å²) in [6.07, 6.45) is 14.0. The molecule has 0 saturated heterocycles. The largest absolute Gasteiger partial charge is 0.393 e. The van der Waals surface area contributed by atoms with Crippen molar-refractivity contribution < 1.29 is 5.11 Å². The number of unbranched alkanes of at least 4 members (excludes halogenated alkanes) is 6. The van der Waals surface area contributed by atoms with Gasteiger partial charge in [-0.2, -0.15) is 0 Å². The number of hydrogen-bond acceptors (Lipinski definition) is 1. The van der Waals surface area contributed by atoms with Crippen molar-refractivity contribution in [2.24, 2.45) is 0 Å². The van der Waals surface area contributed by atoms with Crippen molar-refractivity contribution in [3.63, 3.8) is 0 Å². The standard InChI is InChI=1S/C17H30O/c1-3-5-6-7-8-9-10-11-12-13-14-16-17(18)15-4-2/h3,17-18H,1,4-10,13-16H2,2H3. The van der Waals surface area contributed by atoms with Crippen molar-refractivity contribution in [1.29, 1.82) is 0 Å². The van der Waals surface area contributed by atoms with Gasteiger partial charge in [-0.15, -0.1) is 18.4 Å². The average Bonchev–Trinajstić information content (AvgIpc) is 2.36. The Balaban J connectivity index is 3.21. The Morgan fingerprint density at radius 1 is 1.00 bits per heavy atom. The molecular formula is C17H30O. The van der Waals surface area contributed by atoms with Crippen LogP contribution in [0.5, 0.6) is 0 Å². The smallest absolute Gasteiger partial charge is 0.0540 e. The highest BCUT2D eigenvalue weighted by Gasteiger charge is 2.00. The predicted octanol–water partition coefficient (Wildman–Crippen LogP) is 4.85. The Bertz CT molecular complexity index is 234. The summed E-state index contributed by atoms with van der Waals surface area (Å²) < 4.78 is 0. The van der Waals surface area contributed by atoms with Gasteiger partial charge in [0.05, 0.1) is 6.10 Å². The van der Waals surface area contributed by atoms with Crippen LogP contribution in [0, 0.1) is 11.8 Å². The molecule has 0 spiro atoms. The second-order valence-electron chi connectivity index (χ2n) is 4.93. The first-order valence-corrected chi connectivity index (χ1v) is 7.56. The summed E-state index contributed by atoms with van der Waals surface area (Å²) in [6.45, 7) is 5.83. The van der Waals surface area contributed by atoms with Gasteiger partial charge in [-0.25, -0.2) is 0 Å². The average molecular weight is 250 g/mol. The van der Waals surface area contributed by atoms with Crippen molar-refractivity contribution in [2.45, 2.75) is 83.7 Å². The van der Waals surface area contributed by atoms with E-state index >= 15 is 0 Å². The number of rotatable bonds is 11. The van der Waals surface area contributed by atoms with E-state index in [1.165, 1.54) is 25.7 Å². The summed E-state index contributed by atoms with van der Waals surface area (Å²) in [4.78, 5) is 0. The summed E-state index contributed by atoms with van der Waals surface area (Å²) in [5.74, 6) is 6.44. The lowest BCUT2D eigenvalue weighted by Crippen LogP contribution is -2.04. The summed E-state index contributed by atoms with van der Waals surface area (Å²) in [5.41, 5.74) is 0. The first-order valence-electron chi connectivity index (χ1n) is 7.56. The van der Waals surface area contributed by atoms with E-state index < -0.39 is 0 Å². The van der Waals surface area contributed by atoms with E-state index in [9.17, 15) is 5.11 Å². The summed E-state index contributed by atoms with van der Waals surface area (Å²) in [7, 11) is 0. The van der Waals surface area contributed by atoms with Crippen LogP contribution in [0.3, 0.4) is 0 Å². The molecule has 0 aromatic rings. The highest BCUT2D eigenvalue weighted by Crippen LogP contribution is 2.07. The molecule has 0 aliphatic heterocycles. The van der Waals surface area contributed by atoms with E-state index in [1.807, 2.05) is 6.08 Å². The van der Waals surface area contributed by atoms with Gasteiger partial charge in [-0.05, 0) is 38.5 Å². The third kappa shape index (κ3) is 13.3. The molecule has 1 nitrogen and oxygen atoms in total. The fraction of sp³-hybridized carbons (Fsp3) is 0.765. The minimum Gasteiger partial charge on any atom is -0.393 e. The Kier molecular flexibility index (Phi) is 13.7. The molecule has 1 heteroatoms. The Morgan fingerprint density at radius 3 is 2.33 bits per heavy atom. The van der Waals surface area contributed by atoms with E-state index in [0.717, 1.165) is 44.9 Å². The van der Waals surface area contributed by atoms with Crippen LogP contribution >= 0.6 is 0 Å². The first-order chi connectivity index (χ1) is 8.81. The lowest BCUT2D eigenvalue weighted by atomic mass is 10.1. The molecule has 0 heterocycles. The molecular weight excluding hydrogens is 220 g/mol. The van der Waals surface area contributed by atoms with Crippen LogP contribution in [0.2, 0.25) is 0 Å². The third-order valence-electron chi connectivity index (χ3n) is 3.05. The topological polar surface area (TPSA) is 20.2 Å². The van der Waals surface area contributed by atoms with Gasteiger partial charge in [0.1, 0.15) is 0 Å². The highest BCUT2D eigenvalue weighted by molar-refractivity contribution is 4.98. The normalized spacial score (nSPS) is 11.7. The Labute approximate surface area is 114 Å². The molecule has 1 atom stereocenters. The lowest BCUT2D eigenvalue weighted by Gasteiger charge is -2.06. The zero-order chi connectivity index (χ0) is 13.5. The maximum atomic E-state index is 9.54. The molecule has 0 amide bonds. The van der Waals surface area contributed by atoms with Crippen LogP contribution in [-0.2, 0) is 0 Å². The quantitative estimate of drug-likeness (QED) is 0.316. The third-order valence-corrected chi connectivity index (χ3v) is 3.05. The second-order valence-corrected chi connectivity index (χ2v) is 4.93. The minimum absolute atomic E-state index is 0.110. The van der Waals surface area contributed by atoms with E-state index in [0.29, 0.717) is 0 Å². The van der Waals surface area contributed by atoms with Crippen LogP contribution in [0.1, 0.15) is 77.6 Å². The molecule has 0 radical (unpaired) electrons. The van der Waals surface area contributed by atoms with Crippen LogP contribution in [-0.4, -0.2) is 11.2 Å². The highest BCUT2D eigenvalue weighted by atomic mass is 16.3. The number of hydrogen-bond donors (Lipinski definition) is 1. The number of allylic oxidation sites excluding steroid dienone is 1. The second kappa shape index (κ2) is 14.3. The van der Waals surface area contributed by atoms with Gasteiger partial charge in [0.2, 0.25) is 0 Å². The zero-order valence-corrected chi connectivity index (χ0v) is 12.1. The zero-order valence-electron chi connectivity index (χ0n) is 12.1. The van der Waals surface area contributed by atoms with Gasteiger partial charge in [-0.1, -0.05) is 32.3 Å². The van der Waals surface area contributed by atoms with Crippen LogP contribution in [0.4, 0.5) is 0 Å². The summed E-state index contributed by atoms with van der Waals surface area (Å²) >= 11 is 0. The fourth-order valence-corrected chi connectivity index (χ4v) is 1.94. The number of aliphatic hydroxyl groups is 1. The van der Waals surface area contributed by atoms with Gasteiger partial charge in [-0.3, -0.25) is 0 Å². The molecule has 18 heavy (non-hydrogen) atoms. The lowest BCUT2D eigenvalue weighted by molar-refractivity contribution is 0.151. The monoisotopic (exact) mass is 250 g/mol. The van der Waals surface area contributed by atoms with E-state index in [1.54, 1.807) is 0 Å². The van der Waals surface area contributed by atoms with Gasteiger partial charge in [0.15, 0.2) is 0 Å². The van der Waals surface area contributed by atoms with Crippen LogP contribution < -0.4 is 0 Å². The molecule has 0 aromatic heterocycles. The molecule has 1 N–H and O–H groups in total. The molecule has 0 aliphatic carbocycles. The van der Waals surface area contributed by atoms with Gasteiger partial charge >= 0.3 is 0 Å². The van der Waals surface area contributed by atoms with Crippen molar-refractivity contribution in [1.82, 2.24) is 0 Å². The summed E-state index contributed by atoms with van der Waals surface area (Å²) in [6, 6.07) is 0. The Morgan fingerprint density at radius 2 is 1.67 bits per heavy atom. The van der Waals surface area contributed by atoms with Crippen LogP contribution in [0.25, 0.3) is 0 Å². The molecule has 0 aliphatic rings. The number of aliphatic hydroxyl groups excluding tert-OH is 1. The Hall–Kier alpha value is -0.740. The van der Waals surface area contributed by atoms with E-state index in [-0.39, 0.29) is 6.10 Å². The van der Waals surface area contributed by atoms with Crippen LogP contribution in [0.15, 0.2) is 12.7 Å². The summed E-state index contributed by atoms with van der Waals surface area (Å²) in [5, 5.41) is 9.54. The van der Waals surface area contributed by atoms with Crippen molar-refractivity contribution >= 4 is 0 Å². The molecule has 0 rings (SSSR count). The van der Waals surface area contributed by atoms with E-state index in [2.05, 4.69) is 25.3 Å². The van der Waals surface area contributed by atoms with E-state index in [4.69, 9.17) is 0 Å². The van der Waals surface area contributed by atoms with Crippen molar-refractivity contribution in [3.05, 3.63) is 12.7 Å². The minimum atomic E-state index is -0.110.